The lowest BCUT2D eigenvalue weighted by atomic mass is 9.83. The summed E-state index contributed by atoms with van der Waals surface area (Å²) in [6.07, 6.45) is 3.45. The standard InChI is InChI=1S/C23H22N2O4/c26-20(15-25-21(27)17-6-2-3-7-18(17)22(25)28)24-13-11-23(12-14-24)10-9-16-5-1-4-8-19(16)29-23/h1-8H,9-15H2. The number of ether oxygens (including phenoxy) is 1. The third-order valence-corrected chi connectivity index (χ3v) is 6.35. The minimum atomic E-state index is -0.389. The predicted molar refractivity (Wildman–Crippen MR) is 106 cm³/mol. The average molecular weight is 390 g/mol. The Labute approximate surface area is 169 Å². The van der Waals surface area contributed by atoms with Gasteiger partial charge in [0.2, 0.25) is 5.91 Å². The fourth-order valence-electron chi connectivity index (χ4n) is 4.59. The number of imide groups is 1. The second-order valence-corrected chi connectivity index (χ2v) is 8.02. The highest BCUT2D eigenvalue weighted by molar-refractivity contribution is 6.22. The molecule has 3 aliphatic heterocycles. The van der Waals surface area contributed by atoms with E-state index in [1.807, 2.05) is 18.2 Å². The molecule has 1 spiro atoms. The van der Waals surface area contributed by atoms with E-state index < -0.39 is 0 Å². The molecule has 1 fully saturated rings. The van der Waals surface area contributed by atoms with Crippen molar-refractivity contribution in [2.45, 2.75) is 31.3 Å². The monoisotopic (exact) mass is 390 g/mol. The molecule has 3 aliphatic rings. The zero-order chi connectivity index (χ0) is 20.0. The summed E-state index contributed by atoms with van der Waals surface area (Å²) in [5.74, 6) is -0.0191. The molecule has 6 heteroatoms. The molecule has 3 heterocycles. The molecule has 2 aromatic carbocycles. The molecule has 0 aliphatic carbocycles. The second-order valence-electron chi connectivity index (χ2n) is 8.02. The van der Waals surface area contributed by atoms with Crippen molar-refractivity contribution in [2.24, 2.45) is 0 Å². The van der Waals surface area contributed by atoms with E-state index >= 15 is 0 Å². The van der Waals surface area contributed by atoms with Crippen LogP contribution in [-0.4, -0.2) is 52.8 Å². The van der Waals surface area contributed by atoms with Gasteiger partial charge in [-0.3, -0.25) is 19.3 Å². The largest absolute Gasteiger partial charge is 0.487 e. The molecule has 3 amide bonds. The van der Waals surface area contributed by atoms with E-state index in [2.05, 4.69) is 6.07 Å². The Morgan fingerprint density at radius 2 is 1.52 bits per heavy atom. The molecule has 6 nitrogen and oxygen atoms in total. The van der Waals surface area contributed by atoms with Gasteiger partial charge in [0, 0.05) is 25.9 Å². The number of aryl methyl sites for hydroxylation is 1. The van der Waals surface area contributed by atoms with Crippen molar-refractivity contribution in [3.63, 3.8) is 0 Å². The SMILES string of the molecule is O=C(CN1C(=O)c2ccccc2C1=O)N1CCC2(CCc3ccccc3O2)CC1. The molecule has 0 radical (unpaired) electrons. The van der Waals surface area contributed by atoms with Gasteiger partial charge in [-0.15, -0.1) is 0 Å². The van der Waals surface area contributed by atoms with Crippen LogP contribution in [0.3, 0.4) is 0 Å². The average Bonchev–Trinajstić information content (AvgIpc) is 2.99. The quantitative estimate of drug-likeness (QED) is 0.740. The van der Waals surface area contributed by atoms with Gasteiger partial charge in [0.25, 0.3) is 11.8 Å². The van der Waals surface area contributed by atoms with Crippen molar-refractivity contribution in [1.82, 2.24) is 9.80 Å². The first-order chi connectivity index (χ1) is 14.1. The number of amides is 3. The van der Waals surface area contributed by atoms with Gasteiger partial charge in [-0.05, 0) is 36.6 Å². The van der Waals surface area contributed by atoms with E-state index in [0.717, 1.165) is 36.3 Å². The highest BCUT2D eigenvalue weighted by Gasteiger charge is 2.42. The molecule has 2 aromatic rings. The summed E-state index contributed by atoms with van der Waals surface area (Å²) in [7, 11) is 0. The molecule has 0 atom stereocenters. The molecule has 0 saturated carbocycles. The number of hydrogen-bond donors (Lipinski definition) is 0. The molecule has 0 aromatic heterocycles. The number of nitrogens with zero attached hydrogens (tertiary/aromatic N) is 2. The first kappa shape index (κ1) is 17.9. The zero-order valence-corrected chi connectivity index (χ0v) is 16.1. The third-order valence-electron chi connectivity index (χ3n) is 6.35. The molecule has 148 valence electrons. The van der Waals surface area contributed by atoms with Crippen LogP contribution in [0.15, 0.2) is 48.5 Å². The van der Waals surface area contributed by atoms with Crippen LogP contribution in [0.25, 0.3) is 0 Å². The number of benzene rings is 2. The van der Waals surface area contributed by atoms with E-state index in [1.165, 1.54) is 5.56 Å². The van der Waals surface area contributed by atoms with Crippen LogP contribution in [0.2, 0.25) is 0 Å². The highest BCUT2D eigenvalue weighted by atomic mass is 16.5. The van der Waals surface area contributed by atoms with Gasteiger partial charge in [0.15, 0.2) is 0 Å². The van der Waals surface area contributed by atoms with E-state index in [4.69, 9.17) is 4.74 Å². The Bertz CT molecular complexity index is 972. The van der Waals surface area contributed by atoms with Crippen molar-refractivity contribution in [3.05, 3.63) is 65.2 Å². The van der Waals surface area contributed by atoms with Gasteiger partial charge in [-0.2, -0.15) is 0 Å². The molecular formula is C23H22N2O4. The van der Waals surface area contributed by atoms with Crippen molar-refractivity contribution >= 4 is 17.7 Å². The number of piperidine rings is 1. The van der Waals surface area contributed by atoms with Crippen LogP contribution < -0.4 is 4.74 Å². The maximum Gasteiger partial charge on any atom is 0.262 e. The summed E-state index contributed by atoms with van der Waals surface area (Å²) in [5, 5.41) is 0. The number of hydrogen-bond acceptors (Lipinski definition) is 4. The predicted octanol–water partition coefficient (Wildman–Crippen LogP) is 2.67. The Morgan fingerprint density at radius 3 is 2.21 bits per heavy atom. The van der Waals surface area contributed by atoms with Crippen LogP contribution >= 0.6 is 0 Å². The number of carbonyl (C=O) groups excluding carboxylic acids is 3. The lowest BCUT2D eigenvalue weighted by Gasteiger charge is -2.44. The fourth-order valence-corrected chi connectivity index (χ4v) is 4.59. The first-order valence-electron chi connectivity index (χ1n) is 10.1. The third kappa shape index (κ3) is 2.99. The van der Waals surface area contributed by atoms with Gasteiger partial charge in [0.05, 0.1) is 11.1 Å². The molecule has 0 N–H and O–H groups in total. The fraction of sp³-hybridized carbons (Fsp3) is 0.348. The van der Waals surface area contributed by atoms with Crippen molar-refractivity contribution < 1.29 is 19.1 Å². The Morgan fingerprint density at radius 1 is 0.897 bits per heavy atom. The summed E-state index contributed by atoms with van der Waals surface area (Å²) in [5.41, 5.74) is 1.76. The molecular weight excluding hydrogens is 368 g/mol. The van der Waals surface area contributed by atoms with Crippen LogP contribution in [0.5, 0.6) is 5.75 Å². The number of carbonyl (C=O) groups is 3. The summed E-state index contributed by atoms with van der Waals surface area (Å²) in [6, 6.07) is 14.8. The van der Waals surface area contributed by atoms with Gasteiger partial charge in [0.1, 0.15) is 17.9 Å². The van der Waals surface area contributed by atoms with E-state index in [-0.39, 0.29) is 29.9 Å². The second kappa shape index (κ2) is 6.72. The minimum absolute atomic E-state index is 0.189. The summed E-state index contributed by atoms with van der Waals surface area (Å²) in [4.78, 5) is 40.6. The molecule has 0 bridgehead atoms. The molecule has 0 unspecified atom stereocenters. The summed E-state index contributed by atoms with van der Waals surface area (Å²) < 4.78 is 6.34. The summed E-state index contributed by atoms with van der Waals surface area (Å²) >= 11 is 0. The van der Waals surface area contributed by atoms with Crippen molar-refractivity contribution in [1.29, 1.82) is 0 Å². The maximum atomic E-state index is 12.8. The van der Waals surface area contributed by atoms with Crippen LogP contribution in [0.1, 0.15) is 45.5 Å². The van der Waals surface area contributed by atoms with Gasteiger partial charge < -0.3 is 9.64 Å². The zero-order valence-electron chi connectivity index (χ0n) is 16.1. The van der Waals surface area contributed by atoms with Crippen molar-refractivity contribution in [3.8, 4) is 5.75 Å². The molecule has 29 heavy (non-hydrogen) atoms. The van der Waals surface area contributed by atoms with Crippen LogP contribution in [-0.2, 0) is 11.2 Å². The topological polar surface area (TPSA) is 66.9 Å². The molecule has 5 rings (SSSR count). The van der Waals surface area contributed by atoms with Gasteiger partial charge in [-0.25, -0.2) is 0 Å². The normalized spacial score (nSPS) is 19.7. The molecule has 1 saturated heterocycles. The van der Waals surface area contributed by atoms with Crippen LogP contribution in [0, 0.1) is 0 Å². The van der Waals surface area contributed by atoms with Gasteiger partial charge >= 0.3 is 0 Å². The number of para-hydroxylation sites is 1. The van der Waals surface area contributed by atoms with Gasteiger partial charge in [-0.1, -0.05) is 30.3 Å². The van der Waals surface area contributed by atoms with E-state index in [9.17, 15) is 14.4 Å². The summed E-state index contributed by atoms with van der Waals surface area (Å²) in [6.45, 7) is 0.942. The Hall–Kier alpha value is -3.15. The Kier molecular flexibility index (Phi) is 4.15. The highest BCUT2D eigenvalue weighted by Crippen LogP contribution is 2.39. The number of fused-ring (bicyclic) bond motifs is 2. The first-order valence-corrected chi connectivity index (χ1v) is 10.1. The lowest BCUT2D eigenvalue weighted by molar-refractivity contribution is -0.135. The maximum absolute atomic E-state index is 12.8. The minimum Gasteiger partial charge on any atom is -0.487 e. The van der Waals surface area contributed by atoms with E-state index in [1.54, 1.807) is 29.2 Å². The van der Waals surface area contributed by atoms with Crippen LogP contribution in [0.4, 0.5) is 0 Å². The smallest absolute Gasteiger partial charge is 0.262 e. The Balaban J connectivity index is 1.23. The number of rotatable bonds is 2. The van der Waals surface area contributed by atoms with E-state index in [0.29, 0.717) is 24.2 Å². The van der Waals surface area contributed by atoms with Crippen molar-refractivity contribution in [2.75, 3.05) is 19.6 Å². The lowest BCUT2D eigenvalue weighted by Crippen LogP contribution is -2.53. The number of likely N-dealkylation sites (tertiary alicyclic amines) is 1.